The predicted molar refractivity (Wildman–Crippen MR) is 103 cm³/mol. The van der Waals surface area contributed by atoms with E-state index in [-0.39, 0.29) is 23.3 Å². The zero-order chi connectivity index (χ0) is 22.0. The predicted octanol–water partition coefficient (Wildman–Crippen LogP) is 0.134. The molecule has 1 fully saturated rings. The maximum Gasteiger partial charge on any atom is 0.166 e. The monoisotopic (exact) mass is 420 g/mol. The lowest BCUT2D eigenvalue weighted by molar-refractivity contribution is -0.232. The molecule has 1 aliphatic heterocycles. The topological polar surface area (TPSA) is 168 Å². The van der Waals surface area contributed by atoms with Crippen LogP contribution in [0.1, 0.15) is 34.0 Å². The first-order valence-electron chi connectivity index (χ1n) is 9.41. The summed E-state index contributed by atoms with van der Waals surface area (Å²) in [7, 11) is 0. The number of aromatic hydroxyl groups is 3. The zero-order valence-electron chi connectivity index (χ0n) is 15.9. The Morgan fingerprint density at radius 2 is 1.57 bits per heavy atom. The molecule has 3 rings (SSSR count). The van der Waals surface area contributed by atoms with Crippen molar-refractivity contribution in [2.45, 2.75) is 43.4 Å². The van der Waals surface area contributed by atoms with Crippen LogP contribution in [0.3, 0.4) is 0 Å². The molecule has 0 aliphatic carbocycles. The summed E-state index contributed by atoms with van der Waals surface area (Å²) in [5, 5.41) is 69.7. The molecule has 7 N–H and O–H groups in total. The largest absolute Gasteiger partial charge is 0.508 e. The Morgan fingerprint density at radius 1 is 0.900 bits per heavy atom. The second-order valence-corrected chi connectivity index (χ2v) is 7.23. The van der Waals surface area contributed by atoms with Crippen LogP contribution in [-0.4, -0.2) is 72.6 Å². The van der Waals surface area contributed by atoms with Crippen LogP contribution in [0.15, 0.2) is 36.4 Å². The van der Waals surface area contributed by atoms with Crippen LogP contribution in [0.2, 0.25) is 0 Å². The summed E-state index contributed by atoms with van der Waals surface area (Å²) in [4.78, 5) is 12.6. The molecule has 0 amide bonds. The van der Waals surface area contributed by atoms with Gasteiger partial charge < -0.3 is 40.5 Å². The number of aliphatic hydroxyl groups is 4. The standard InChI is InChI=1S/C21H24O9/c22-9-15-18(27)19(28)20(29)21(30-15)16-14(25)8-6-12(17(16)26)13(24)7-3-10-1-4-11(23)5-2-10/h1-2,4-6,8,15,18-23,25-29H,3,7,9H2. The molecular weight excluding hydrogens is 396 g/mol. The highest BCUT2D eigenvalue weighted by molar-refractivity contribution is 5.99. The van der Waals surface area contributed by atoms with E-state index in [0.717, 1.165) is 11.6 Å². The average molecular weight is 420 g/mol. The highest BCUT2D eigenvalue weighted by atomic mass is 16.5. The molecule has 9 nitrogen and oxygen atoms in total. The van der Waals surface area contributed by atoms with Gasteiger partial charge >= 0.3 is 0 Å². The number of benzene rings is 2. The molecule has 162 valence electrons. The minimum atomic E-state index is -1.72. The fourth-order valence-electron chi connectivity index (χ4n) is 3.50. The molecule has 0 spiro atoms. The quantitative estimate of drug-likeness (QED) is 0.321. The first-order chi connectivity index (χ1) is 14.2. The molecule has 2 aromatic rings. The SMILES string of the molecule is O=C(CCc1ccc(O)cc1)c1ccc(O)c(C2OC(CO)C(O)C(O)C2O)c1O. The van der Waals surface area contributed by atoms with Gasteiger partial charge in [-0.05, 0) is 36.2 Å². The molecule has 30 heavy (non-hydrogen) atoms. The molecule has 1 aliphatic rings. The molecule has 0 saturated carbocycles. The van der Waals surface area contributed by atoms with Crippen LogP contribution in [-0.2, 0) is 11.2 Å². The van der Waals surface area contributed by atoms with Gasteiger partial charge in [0.05, 0.1) is 17.7 Å². The lowest BCUT2D eigenvalue weighted by atomic mass is 9.88. The second-order valence-electron chi connectivity index (χ2n) is 7.23. The van der Waals surface area contributed by atoms with E-state index in [2.05, 4.69) is 0 Å². The molecule has 5 unspecified atom stereocenters. The smallest absolute Gasteiger partial charge is 0.166 e. The molecule has 0 aromatic heterocycles. The van der Waals surface area contributed by atoms with Gasteiger partial charge in [-0.3, -0.25) is 4.79 Å². The van der Waals surface area contributed by atoms with Crippen molar-refractivity contribution in [3.8, 4) is 17.2 Å². The first-order valence-corrected chi connectivity index (χ1v) is 9.41. The number of ether oxygens (including phenoxy) is 1. The summed E-state index contributed by atoms with van der Waals surface area (Å²) in [6.07, 6.45) is -7.37. The highest BCUT2D eigenvalue weighted by Gasteiger charge is 2.46. The number of aliphatic hydroxyl groups excluding tert-OH is 4. The number of ketones is 1. The third-order valence-corrected chi connectivity index (χ3v) is 5.25. The number of carbonyl (C=O) groups is 1. The summed E-state index contributed by atoms with van der Waals surface area (Å²) in [5.74, 6) is -1.43. The number of hydrogen-bond donors (Lipinski definition) is 7. The van der Waals surface area contributed by atoms with Crippen LogP contribution in [0.25, 0.3) is 0 Å². The first kappa shape index (κ1) is 22.0. The van der Waals surface area contributed by atoms with Gasteiger partial charge in [-0.25, -0.2) is 0 Å². The summed E-state index contributed by atoms with van der Waals surface area (Å²) in [5.41, 5.74) is 0.370. The maximum absolute atomic E-state index is 12.6. The third-order valence-electron chi connectivity index (χ3n) is 5.25. The van der Waals surface area contributed by atoms with Gasteiger partial charge in [0.25, 0.3) is 0 Å². The Kier molecular flexibility index (Phi) is 6.59. The normalized spacial score (nSPS) is 26.5. The number of rotatable bonds is 6. The molecule has 1 heterocycles. The average Bonchev–Trinajstić information content (AvgIpc) is 2.73. The molecule has 1 saturated heterocycles. The van der Waals surface area contributed by atoms with Gasteiger partial charge in [-0.2, -0.15) is 0 Å². The van der Waals surface area contributed by atoms with Crippen molar-refractivity contribution in [3.63, 3.8) is 0 Å². The van der Waals surface area contributed by atoms with Crippen molar-refractivity contribution in [1.29, 1.82) is 0 Å². The molecule has 0 bridgehead atoms. The van der Waals surface area contributed by atoms with Crippen molar-refractivity contribution >= 4 is 5.78 Å². The number of phenolic OH excluding ortho intramolecular Hbond substituents is 3. The van der Waals surface area contributed by atoms with E-state index in [1.54, 1.807) is 12.1 Å². The molecule has 9 heteroatoms. The fraction of sp³-hybridized carbons (Fsp3) is 0.381. The van der Waals surface area contributed by atoms with Crippen molar-refractivity contribution in [2.75, 3.05) is 6.61 Å². The van der Waals surface area contributed by atoms with Crippen molar-refractivity contribution in [1.82, 2.24) is 0 Å². The van der Waals surface area contributed by atoms with Gasteiger partial charge in [-0.1, -0.05) is 12.1 Å². The number of hydrogen-bond acceptors (Lipinski definition) is 9. The van der Waals surface area contributed by atoms with Crippen molar-refractivity contribution in [2.24, 2.45) is 0 Å². The van der Waals surface area contributed by atoms with Gasteiger partial charge in [0.1, 0.15) is 47.8 Å². The van der Waals surface area contributed by atoms with Crippen LogP contribution in [0.5, 0.6) is 17.2 Å². The third kappa shape index (κ3) is 4.25. The van der Waals surface area contributed by atoms with Crippen LogP contribution < -0.4 is 0 Å². The highest BCUT2D eigenvalue weighted by Crippen LogP contribution is 2.43. The Bertz CT molecular complexity index is 894. The zero-order valence-corrected chi connectivity index (χ0v) is 15.9. The van der Waals surface area contributed by atoms with Gasteiger partial charge in [-0.15, -0.1) is 0 Å². The Balaban J connectivity index is 1.85. The van der Waals surface area contributed by atoms with Gasteiger partial charge in [0.2, 0.25) is 0 Å². The summed E-state index contributed by atoms with van der Waals surface area (Å²) < 4.78 is 5.39. The van der Waals surface area contributed by atoms with E-state index < -0.39 is 54.4 Å². The van der Waals surface area contributed by atoms with E-state index in [1.807, 2.05) is 0 Å². The molecule has 0 radical (unpaired) electrons. The Labute approximate surface area is 172 Å². The van der Waals surface area contributed by atoms with E-state index in [0.29, 0.717) is 6.42 Å². The van der Waals surface area contributed by atoms with E-state index in [9.17, 15) is 40.5 Å². The number of Topliss-reactive ketones (excluding diaryl/α,β-unsaturated/α-hetero) is 1. The minimum Gasteiger partial charge on any atom is -0.508 e. The summed E-state index contributed by atoms with van der Waals surface area (Å²) in [6.45, 7) is -0.672. The van der Waals surface area contributed by atoms with Crippen LogP contribution in [0.4, 0.5) is 0 Å². The van der Waals surface area contributed by atoms with Crippen molar-refractivity contribution < 1.29 is 45.3 Å². The van der Waals surface area contributed by atoms with Crippen LogP contribution in [0, 0.1) is 0 Å². The van der Waals surface area contributed by atoms with E-state index >= 15 is 0 Å². The maximum atomic E-state index is 12.6. The minimum absolute atomic E-state index is 0.0250. The second kappa shape index (κ2) is 8.99. The Morgan fingerprint density at radius 3 is 2.20 bits per heavy atom. The number of carbonyl (C=O) groups excluding carboxylic acids is 1. The van der Waals surface area contributed by atoms with E-state index in [1.165, 1.54) is 18.2 Å². The van der Waals surface area contributed by atoms with Gasteiger partial charge in [0.15, 0.2) is 5.78 Å². The molecular formula is C21H24O9. The summed E-state index contributed by atoms with van der Waals surface area (Å²) in [6, 6.07) is 8.71. The van der Waals surface area contributed by atoms with Gasteiger partial charge in [0, 0.05) is 6.42 Å². The molecule has 2 aromatic carbocycles. The Hall–Kier alpha value is -2.69. The van der Waals surface area contributed by atoms with Crippen molar-refractivity contribution in [3.05, 3.63) is 53.1 Å². The number of aryl methyl sites for hydroxylation is 1. The lowest BCUT2D eigenvalue weighted by Gasteiger charge is -2.40. The molecule has 5 atom stereocenters. The lowest BCUT2D eigenvalue weighted by Crippen LogP contribution is -2.55. The van der Waals surface area contributed by atoms with E-state index in [4.69, 9.17) is 4.74 Å². The summed E-state index contributed by atoms with van der Waals surface area (Å²) >= 11 is 0. The fourth-order valence-corrected chi connectivity index (χ4v) is 3.50. The number of phenols is 3. The van der Waals surface area contributed by atoms with Crippen LogP contribution >= 0.6 is 0 Å².